The van der Waals surface area contributed by atoms with Crippen molar-refractivity contribution in [2.75, 3.05) is 6.61 Å². The molecule has 0 fully saturated rings. The van der Waals surface area contributed by atoms with Crippen LogP contribution in [-0.2, 0) is 4.79 Å². The molecular formula is C6H12O6P. The third-order valence-corrected chi connectivity index (χ3v) is 1.42. The highest BCUT2D eigenvalue weighted by Gasteiger charge is 2.29. The molecule has 5 N–H and O–H groups in total. The standard InChI is InChI=1S/C6H12O6.P/c7-1-3(9)5(11)6(12)4(10)2-8;/h1,3-6,8-12H,2H2;/t3-,4+,5+,6+;/m0./s1. The molecule has 4 atom stereocenters. The molecule has 0 heterocycles. The summed E-state index contributed by atoms with van der Waals surface area (Å²) in [4.78, 5) is 9.90. The minimum atomic E-state index is -1.79. The predicted molar refractivity (Wildman–Crippen MR) is 44.1 cm³/mol. The monoisotopic (exact) mass is 211 g/mol. The van der Waals surface area contributed by atoms with Crippen molar-refractivity contribution < 1.29 is 30.3 Å². The molecule has 0 bridgehead atoms. The van der Waals surface area contributed by atoms with Gasteiger partial charge in [0.1, 0.15) is 24.4 Å². The zero-order valence-electron chi connectivity index (χ0n) is 6.69. The molecule has 0 aromatic carbocycles. The van der Waals surface area contributed by atoms with Crippen LogP contribution in [0.3, 0.4) is 0 Å². The van der Waals surface area contributed by atoms with Crippen molar-refractivity contribution in [2.45, 2.75) is 24.4 Å². The molecule has 0 aliphatic carbocycles. The highest BCUT2D eigenvalue weighted by atomic mass is 31.0. The largest absolute Gasteiger partial charge is 0.394 e. The van der Waals surface area contributed by atoms with Crippen LogP contribution in [0.5, 0.6) is 0 Å². The Morgan fingerprint density at radius 2 is 1.54 bits per heavy atom. The van der Waals surface area contributed by atoms with E-state index in [9.17, 15) is 4.79 Å². The van der Waals surface area contributed by atoms with E-state index in [4.69, 9.17) is 25.5 Å². The molecule has 6 nitrogen and oxygen atoms in total. The van der Waals surface area contributed by atoms with Crippen molar-refractivity contribution in [1.82, 2.24) is 0 Å². The SMILES string of the molecule is O=C[C@H](O)[C@@H](O)[C@H](O)[C@H](O)CO.[P]. The van der Waals surface area contributed by atoms with Crippen LogP contribution in [0.1, 0.15) is 0 Å². The first-order chi connectivity index (χ1) is 5.54. The summed E-state index contributed by atoms with van der Waals surface area (Å²) in [5, 5.41) is 43.5. The number of hydrogen-bond donors (Lipinski definition) is 5. The van der Waals surface area contributed by atoms with Gasteiger partial charge in [0.2, 0.25) is 0 Å². The number of hydrogen-bond acceptors (Lipinski definition) is 6. The zero-order chi connectivity index (χ0) is 9.72. The number of aliphatic hydroxyl groups is 5. The summed E-state index contributed by atoms with van der Waals surface area (Å²) < 4.78 is 0. The molecule has 0 saturated heterocycles. The Bertz CT molecular complexity index is 143. The van der Waals surface area contributed by atoms with E-state index in [1.165, 1.54) is 0 Å². The summed E-state index contributed by atoms with van der Waals surface area (Å²) in [7, 11) is 0. The summed E-state index contributed by atoms with van der Waals surface area (Å²) >= 11 is 0. The third-order valence-electron chi connectivity index (χ3n) is 1.42. The summed E-state index contributed by atoms with van der Waals surface area (Å²) in [5.74, 6) is 0. The highest BCUT2D eigenvalue weighted by molar-refractivity contribution is 6.92. The van der Waals surface area contributed by atoms with E-state index in [-0.39, 0.29) is 16.2 Å². The molecule has 7 heteroatoms. The van der Waals surface area contributed by atoms with Crippen LogP contribution in [0.25, 0.3) is 0 Å². The van der Waals surface area contributed by atoms with Gasteiger partial charge in [-0.25, -0.2) is 0 Å². The molecule has 0 rings (SSSR count). The van der Waals surface area contributed by atoms with Crippen LogP contribution in [0.2, 0.25) is 0 Å². The molecule has 13 heavy (non-hydrogen) atoms. The average Bonchev–Trinajstić information content (AvgIpc) is 2.12. The minimum absolute atomic E-state index is 0. The van der Waals surface area contributed by atoms with Gasteiger partial charge in [0, 0.05) is 9.90 Å². The quantitative estimate of drug-likeness (QED) is 0.253. The first-order valence-corrected chi connectivity index (χ1v) is 3.33. The maximum absolute atomic E-state index is 9.90. The Kier molecular flexibility index (Phi) is 8.65. The van der Waals surface area contributed by atoms with Crippen molar-refractivity contribution in [3.63, 3.8) is 0 Å². The first-order valence-electron chi connectivity index (χ1n) is 3.33. The lowest BCUT2D eigenvalue weighted by Crippen LogP contribution is -2.46. The second-order valence-electron chi connectivity index (χ2n) is 2.36. The summed E-state index contributed by atoms with van der Waals surface area (Å²) in [6.07, 6.45) is -6.84. The Labute approximate surface area is 78.4 Å². The minimum Gasteiger partial charge on any atom is -0.394 e. The third kappa shape index (κ3) is 4.61. The number of carbonyl (C=O) groups excluding carboxylic acids is 1. The Morgan fingerprint density at radius 1 is 1.08 bits per heavy atom. The van der Waals surface area contributed by atoms with Crippen LogP contribution >= 0.6 is 9.90 Å². The highest BCUT2D eigenvalue weighted by Crippen LogP contribution is 2.02. The van der Waals surface area contributed by atoms with Gasteiger partial charge in [-0.15, -0.1) is 0 Å². The summed E-state index contributed by atoms with van der Waals surface area (Å²) in [6.45, 7) is -0.760. The first kappa shape index (κ1) is 15.4. The van der Waals surface area contributed by atoms with Gasteiger partial charge in [0.15, 0.2) is 6.29 Å². The maximum Gasteiger partial charge on any atom is 0.151 e. The Morgan fingerprint density at radius 3 is 1.85 bits per heavy atom. The predicted octanol–water partition coefficient (Wildman–Crippen LogP) is -2.52. The second kappa shape index (κ2) is 7.32. The molecule has 3 radical (unpaired) electrons. The number of carbonyl (C=O) groups is 1. The van der Waals surface area contributed by atoms with Gasteiger partial charge in [-0.1, -0.05) is 0 Å². The molecule has 0 unspecified atom stereocenters. The van der Waals surface area contributed by atoms with Crippen LogP contribution < -0.4 is 0 Å². The van der Waals surface area contributed by atoms with Crippen LogP contribution in [0.15, 0.2) is 0 Å². The van der Waals surface area contributed by atoms with E-state index in [1.54, 1.807) is 0 Å². The van der Waals surface area contributed by atoms with E-state index in [2.05, 4.69) is 0 Å². The van der Waals surface area contributed by atoms with Crippen molar-refractivity contribution in [3.05, 3.63) is 0 Å². The van der Waals surface area contributed by atoms with Gasteiger partial charge in [0.05, 0.1) is 6.61 Å². The Hall–Kier alpha value is -0.1000. The lowest BCUT2D eigenvalue weighted by Gasteiger charge is -2.22. The number of rotatable bonds is 5. The molecule has 0 aromatic rings. The van der Waals surface area contributed by atoms with E-state index in [0.29, 0.717) is 0 Å². The molecule has 0 amide bonds. The summed E-state index contributed by atoms with van der Waals surface area (Å²) in [6, 6.07) is 0. The van der Waals surface area contributed by atoms with Crippen LogP contribution in [-0.4, -0.2) is 62.8 Å². The smallest absolute Gasteiger partial charge is 0.151 e. The van der Waals surface area contributed by atoms with E-state index in [0.717, 1.165) is 0 Å². The van der Waals surface area contributed by atoms with Crippen molar-refractivity contribution in [3.8, 4) is 0 Å². The maximum atomic E-state index is 9.90. The fourth-order valence-corrected chi connectivity index (χ4v) is 0.618. The zero-order valence-corrected chi connectivity index (χ0v) is 7.58. The van der Waals surface area contributed by atoms with Gasteiger partial charge in [0.25, 0.3) is 0 Å². The van der Waals surface area contributed by atoms with E-state index in [1.807, 2.05) is 0 Å². The Balaban J connectivity index is 0. The molecule has 77 valence electrons. The molecule has 0 aliphatic rings. The molecular weight excluding hydrogens is 199 g/mol. The van der Waals surface area contributed by atoms with E-state index < -0.39 is 31.0 Å². The van der Waals surface area contributed by atoms with Crippen molar-refractivity contribution >= 4 is 16.2 Å². The molecule has 0 saturated carbocycles. The number of aldehydes is 1. The van der Waals surface area contributed by atoms with Crippen LogP contribution in [0.4, 0.5) is 0 Å². The second-order valence-corrected chi connectivity index (χ2v) is 2.36. The van der Waals surface area contributed by atoms with Gasteiger partial charge >= 0.3 is 0 Å². The van der Waals surface area contributed by atoms with Crippen molar-refractivity contribution in [2.24, 2.45) is 0 Å². The number of aliphatic hydroxyl groups excluding tert-OH is 5. The molecule has 0 aromatic heterocycles. The van der Waals surface area contributed by atoms with Gasteiger partial charge in [-0.3, -0.25) is 0 Å². The normalized spacial score (nSPS) is 19.5. The van der Waals surface area contributed by atoms with Crippen LogP contribution in [0, 0.1) is 0 Å². The molecule has 0 aliphatic heterocycles. The van der Waals surface area contributed by atoms with Gasteiger partial charge in [-0.05, 0) is 0 Å². The lowest BCUT2D eigenvalue weighted by molar-refractivity contribution is -0.136. The van der Waals surface area contributed by atoms with Gasteiger partial charge in [-0.2, -0.15) is 0 Å². The fraction of sp³-hybridized carbons (Fsp3) is 0.833. The van der Waals surface area contributed by atoms with Gasteiger partial charge < -0.3 is 30.3 Å². The molecule has 0 spiro atoms. The van der Waals surface area contributed by atoms with E-state index >= 15 is 0 Å². The van der Waals surface area contributed by atoms with Crippen molar-refractivity contribution in [1.29, 1.82) is 0 Å². The summed E-state index contributed by atoms with van der Waals surface area (Å²) in [5.41, 5.74) is 0. The average molecular weight is 211 g/mol. The fourth-order valence-electron chi connectivity index (χ4n) is 0.618. The topological polar surface area (TPSA) is 118 Å². The lowest BCUT2D eigenvalue weighted by atomic mass is 10.0.